The molecule has 8 heteroatoms. The van der Waals surface area contributed by atoms with Crippen LogP contribution in [-0.2, 0) is 5.41 Å². The van der Waals surface area contributed by atoms with Crippen molar-refractivity contribution in [2.24, 2.45) is 5.92 Å². The smallest absolute Gasteiger partial charge is 0.147 e. The summed E-state index contributed by atoms with van der Waals surface area (Å²) in [6.07, 6.45) is 5.87. The molecule has 0 radical (unpaired) electrons. The molecule has 1 fully saturated rings. The van der Waals surface area contributed by atoms with E-state index in [1.165, 1.54) is 24.4 Å². The fourth-order valence-corrected chi connectivity index (χ4v) is 5.84. The SMILES string of the molecule is CCC1C[C@@]2(c3cccc(-c4cnc(Cl)cn4)n3)C[C@@H]1c1cc(-c3c(F)cccc3F)nnc12. The van der Waals surface area contributed by atoms with Crippen molar-refractivity contribution in [3.8, 4) is 22.6 Å². The van der Waals surface area contributed by atoms with Crippen LogP contribution in [0.1, 0.15) is 49.1 Å². The Morgan fingerprint density at radius 2 is 1.74 bits per heavy atom. The molecule has 4 aromatic rings. The number of hydrogen-bond acceptors (Lipinski definition) is 5. The number of halogens is 3. The maximum atomic E-state index is 14.5. The molecule has 0 saturated heterocycles. The topological polar surface area (TPSA) is 64.5 Å². The fraction of sp³-hybridized carbons (Fsp3) is 0.269. The summed E-state index contributed by atoms with van der Waals surface area (Å²) in [5.41, 5.74) is 3.82. The van der Waals surface area contributed by atoms with Crippen LogP contribution < -0.4 is 0 Å². The summed E-state index contributed by atoms with van der Waals surface area (Å²) in [6.45, 7) is 2.18. The zero-order chi connectivity index (χ0) is 23.4. The lowest BCUT2D eigenvalue weighted by Gasteiger charge is -2.30. The molecule has 1 unspecified atom stereocenters. The third-order valence-electron chi connectivity index (χ3n) is 7.29. The normalized spacial score (nSPS) is 22.7. The molecule has 3 heterocycles. The Kier molecular flexibility index (Phi) is 4.92. The van der Waals surface area contributed by atoms with Gasteiger partial charge < -0.3 is 0 Å². The van der Waals surface area contributed by atoms with E-state index < -0.39 is 17.0 Å². The monoisotopic (exact) mass is 475 g/mol. The van der Waals surface area contributed by atoms with Crippen molar-refractivity contribution in [2.75, 3.05) is 0 Å². The van der Waals surface area contributed by atoms with Gasteiger partial charge in [-0.1, -0.05) is 37.1 Å². The van der Waals surface area contributed by atoms with Crippen LogP contribution in [0.25, 0.3) is 22.6 Å². The lowest BCUT2D eigenvalue weighted by Crippen LogP contribution is -2.28. The molecule has 5 nitrogen and oxygen atoms in total. The zero-order valence-corrected chi connectivity index (χ0v) is 19.1. The summed E-state index contributed by atoms with van der Waals surface area (Å²) in [5, 5.41) is 9.17. The molecule has 0 N–H and O–H groups in total. The van der Waals surface area contributed by atoms with Crippen LogP contribution in [0.3, 0.4) is 0 Å². The van der Waals surface area contributed by atoms with E-state index in [2.05, 4.69) is 27.1 Å². The number of aromatic nitrogens is 5. The molecule has 1 saturated carbocycles. The Bertz CT molecular complexity index is 1390. The van der Waals surface area contributed by atoms with Crippen molar-refractivity contribution in [3.63, 3.8) is 0 Å². The molecule has 2 aliphatic carbocycles. The van der Waals surface area contributed by atoms with E-state index in [-0.39, 0.29) is 17.2 Å². The minimum absolute atomic E-state index is 0.135. The summed E-state index contributed by atoms with van der Waals surface area (Å²) in [5.74, 6) is -0.615. The molecule has 34 heavy (non-hydrogen) atoms. The van der Waals surface area contributed by atoms with Crippen molar-refractivity contribution >= 4 is 11.6 Å². The van der Waals surface area contributed by atoms with Gasteiger partial charge in [0.1, 0.15) is 22.5 Å². The predicted molar refractivity (Wildman–Crippen MR) is 124 cm³/mol. The van der Waals surface area contributed by atoms with Crippen LogP contribution in [0, 0.1) is 17.6 Å². The Labute approximate surface area is 200 Å². The van der Waals surface area contributed by atoms with Gasteiger partial charge in [0.05, 0.1) is 46.1 Å². The lowest BCUT2D eigenvalue weighted by atomic mass is 9.75. The second kappa shape index (κ2) is 7.87. The van der Waals surface area contributed by atoms with Crippen molar-refractivity contribution < 1.29 is 8.78 Å². The predicted octanol–water partition coefficient (Wildman–Crippen LogP) is 6.13. The van der Waals surface area contributed by atoms with Crippen molar-refractivity contribution in [1.29, 1.82) is 0 Å². The molecular formula is C26H20ClF2N5. The summed E-state index contributed by atoms with van der Waals surface area (Å²) in [6, 6.07) is 11.5. The minimum atomic E-state index is -0.641. The first kappa shape index (κ1) is 21.2. The number of rotatable bonds is 4. The van der Waals surface area contributed by atoms with Gasteiger partial charge in [0.15, 0.2) is 0 Å². The van der Waals surface area contributed by atoms with Gasteiger partial charge >= 0.3 is 0 Å². The number of benzene rings is 1. The van der Waals surface area contributed by atoms with Gasteiger partial charge in [-0.2, -0.15) is 5.10 Å². The third kappa shape index (κ3) is 3.14. The van der Waals surface area contributed by atoms with Gasteiger partial charge in [0, 0.05) is 0 Å². The number of nitrogens with zero attached hydrogens (tertiary/aromatic N) is 5. The zero-order valence-electron chi connectivity index (χ0n) is 18.3. The Balaban J connectivity index is 1.48. The molecule has 3 aromatic heterocycles. The Morgan fingerprint density at radius 3 is 2.47 bits per heavy atom. The van der Waals surface area contributed by atoms with Gasteiger partial charge in [0.25, 0.3) is 0 Å². The van der Waals surface area contributed by atoms with E-state index in [0.717, 1.165) is 36.2 Å². The largest absolute Gasteiger partial charge is 0.250 e. The maximum Gasteiger partial charge on any atom is 0.147 e. The van der Waals surface area contributed by atoms with E-state index in [9.17, 15) is 8.78 Å². The molecule has 2 aliphatic rings. The summed E-state index contributed by atoms with van der Waals surface area (Å²) < 4.78 is 28.9. The first-order chi connectivity index (χ1) is 16.5. The third-order valence-corrected chi connectivity index (χ3v) is 7.48. The molecule has 2 bridgehead atoms. The average Bonchev–Trinajstić information content (AvgIpc) is 3.40. The molecular weight excluding hydrogens is 456 g/mol. The highest BCUT2D eigenvalue weighted by molar-refractivity contribution is 6.29. The van der Waals surface area contributed by atoms with Crippen LogP contribution in [0.5, 0.6) is 0 Å². The molecule has 0 amide bonds. The first-order valence-corrected chi connectivity index (χ1v) is 11.7. The second-order valence-electron chi connectivity index (χ2n) is 9.03. The van der Waals surface area contributed by atoms with Crippen molar-refractivity contribution in [1.82, 2.24) is 25.1 Å². The van der Waals surface area contributed by atoms with E-state index in [1.54, 1.807) is 6.20 Å². The van der Waals surface area contributed by atoms with Gasteiger partial charge in [-0.05, 0) is 60.6 Å². The van der Waals surface area contributed by atoms with E-state index >= 15 is 0 Å². The average molecular weight is 476 g/mol. The van der Waals surface area contributed by atoms with Gasteiger partial charge in [-0.25, -0.2) is 18.7 Å². The minimum Gasteiger partial charge on any atom is -0.250 e. The van der Waals surface area contributed by atoms with E-state index in [1.807, 2.05) is 24.3 Å². The maximum absolute atomic E-state index is 14.5. The molecule has 0 spiro atoms. The quantitative estimate of drug-likeness (QED) is 0.355. The van der Waals surface area contributed by atoms with Gasteiger partial charge in [0.2, 0.25) is 0 Å². The van der Waals surface area contributed by atoms with E-state index in [4.69, 9.17) is 16.6 Å². The molecule has 1 aromatic carbocycles. The Morgan fingerprint density at radius 1 is 0.941 bits per heavy atom. The van der Waals surface area contributed by atoms with Crippen LogP contribution in [-0.4, -0.2) is 25.1 Å². The van der Waals surface area contributed by atoms with Crippen LogP contribution in [0.2, 0.25) is 5.15 Å². The summed E-state index contributed by atoms with van der Waals surface area (Å²) >= 11 is 5.89. The van der Waals surface area contributed by atoms with Crippen LogP contribution >= 0.6 is 11.6 Å². The molecule has 3 atom stereocenters. The van der Waals surface area contributed by atoms with Crippen molar-refractivity contribution in [2.45, 2.75) is 37.5 Å². The number of hydrogen-bond donors (Lipinski definition) is 0. The van der Waals surface area contributed by atoms with Crippen molar-refractivity contribution in [3.05, 3.63) is 88.6 Å². The number of pyridine rings is 1. The van der Waals surface area contributed by atoms with Gasteiger partial charge in [-0.3, -0.25) is 4.98 Å². The fourth-order valence-electron chi connectivity index (χ4n) is 5.75. The molecule has 6 rings (SSSR count). The highest BCUT2D eigenvalue weighted by atomic mass is 35.5. The van der Waals surface area contributed by atoms with Crippen LogP contribution in [0.15, 0.2) is 54.9 Å². The van der Waals surface area contributed by atoms with Gasteiger partial charge in [-0.15, -0.1) is 5.10 Å². The number of fused-ring (bicyclic) bond motifs is 5. The molecule has 170 valence electrons. The summed E-state index contributed by atoms with van der Waals surface area (Å²) in [7, 11) is 0. The summed E-state index contributed by atoms with van der Waals surface area (Å²) in [4.78, 5) is 13.4. The van der Waals surface area contributed by atoms with Crippen LogP contribution in [0.4, 0.5) is 8.78 Å². The first-order valence-electron chi connectivity index (χ1n) is 11.3. The Hall–Kier alpha value is -3.32. The lowest BCUT2D eigenvalue weighted by molar-refractivity contribution is 0.413. The second-order valence-corrected chi connectivity index (χ2v) is 9.42. The highest BCUT2D eigenvalue weighted by Crippen LogP contribution is 2.62. The standard InChI is InChI=1S/C26H20ClF2N5/c1-2-14-10-26(22-8-4-7-19(32-22)21-12-31-23(27)13-30-21)11-16(14)15-9-20(33-34-25(15)26)24-17(28)5-3-6-18(24)29/h3-9,12-14,16H,2,10-11H2,1H3/t14?,16-,26-/m0/s1. The molecule has 0 aliphatic heterocycles. The van der Waals surface area contributed by atoms with E-state index in [0.29, 0.717) is 22.5 Å². The highest BCUT2D eigenvalue weighted by Gasteiger charge is 2.56.